The zero-order valence-corrected chi connectivity index (χ0v) is 13.6. The number of nitrogens with zero attached hydrogens (tertiary/aromatic N) is 3. The second-order valence-electron chi connectivity index (χ2n) is 5.36. The van der Waals surface area contributed by atoms with Crippen molar-refractivity contribution in [2.75, 3.05) is 18.5 Å². The lowest BCUT2D eigenvalue weighted by molar-refractivity contribution is 0.0526. The van der Waals surface area contributed by atoms with Gasteiger partial charge in [-0.2, -0.15) is 5.10 Å². The van der Waals surface area contributed by atoms with Gasteiger partial charge in [0.05, 0.1) is 23.9 Å². The fraction of sp³-hybridized carbons (Fsp3) is 0.278. The molecule has 0 fully saturated rings. The maximum atomic E-state index is 11.8. The van der Waals surface area contributed by atoms with Crippen LogP contribution in [0.3, 0.4) is 0 Å². The molecule has 0 saturated heterocycles. The van der Waals surface area contributed by atoms with Crippen molar-refractivity contribution in [2.24, 2.45) is 0 Å². The van der Waals surface area contributed by atoms with Crippen LogP contribution in [0.4, 0.5) is 5.82 Å². The Morgan fingerprint density at radius 1 is 1.29 bits per heavy atom. The molecule has 124 valence electrons. The van der Waals surface area contributed by atoms with Crippen molar-refractivity contribution in [3.8, 4) is 0 Å². The van der Waals surface area contributed by atoms with Crippen molar-refractivity contribution in [1.29, 1.82) is 0 Å². The number of carbonyl (C=O) groups excluding carboxylic acids is 1. The van der Waals surface area contributed by atoms with E-state index >= 15 is 0 Å². The highest BCUT2D eigenvalue weighted by Gasteiger charge is 2.09. The minimum Gasteiger partial charge on any atom is -0.462 e. The first-order valence-corrected chi connectivity index (χ1v) is 8.05. The molecule has 0 saturated carbocycles. The molecular formula is C18H20N4O2. The highest BCUT2D eigenvalue weighted by Crippen LogP contribution is 2.17. The van der Waals surface area contributed by atoms with Crippen molar-refractivity contribution < 1.29 is 9.53 Å². The molecule has 3 rings (SSSR count). The summed E-state index contributed by atoms with van der Waals surface area (Å²) in [6.07, 6.45) is 4.47. The number of fused-ring (bicyclic) bond motifs is 1. The number of aromatic nitrogens is 3. The largest absolute Gasteiger partial charge is 0.462 e. The van der Waals surface area contributed by atoms with E-state index < -0.39 is 0 Å². The molecule has 2 heterocycles. The van der Waals surface area contributed by atoms with Gasteiger partial charge in [-0.3, -0.25) is 4.68 Å². The van der Waals surface area contributed by atoms with E-state index in [9.17, 15) is 4.79 Å². The fourth-order valence-electron chi connectivity index (χ4n) is 2.52. The molecule has 0 bridgehead atoms. The normalized spacial score (nSPS) is 10.7. The van der Waals surface area contributed by atoms with Crippen LogP contribution in [-0.2, 0) is 11.3 Å². The van der Waals surface area contributed by atoms with E-state index in [1.54, 1.807) is 25.4 Å². The predicted octanol–water partition coefficient (Wildman–Crippen LogP) is 3.11. The maximum absolute atomic E-state index is 11.8. The van der Waals surface area contributed by atoms with Gasteiger partial charge in [-0.1, -0.05) is 6.07 Å². The lowest BCUT2D eigenvalue weighted by atomic mass is 10.1. The number of esters is 1. The Bertz CT molecular complexity index is 814. The average molecular weight is 324 g/mol. The summed E-state index contributed by atoms with van der Waals surface area (Å²) in [5, 5.41) is 8.63. The maximum Gasteiger partial charge on any atom is 0.338 e. The van der Waals surface area contributed by atoms with E-state index in [0.717, 1.165) is 36.2 Å². The second-order valence-corrected chi connectivity index (χ2v) is 5.36. The summed E-state index contributed by atoms with van der Waals surface area (Å²) in [5.41, 5.74) is 1.57. The predicted molar refractivity (Wildman–Crippen MR) is 93.0 cm³/mol. The monoisotopic (exact) mass is 324 g/mol. The van der Waals surface area contributed by atoms with E-state index in [1.165, 1.54) is 0 Å². The Morgan fingerprint density at radius 2 is 2.21 bits per heavy atom. The van der Waals surface area contributed by atoms with E-state index in [0.29, 0.717) is 12.2 Å². The molecule has 1 aromatic carbocycles. The first-order valence-electron chi connectivity index (χ1n) is 8.05. The van der Waals surface area contributed by atoms with Crippen LogP contribution in [0.15, 0.2) is 48.8 Å². The number of aryl methyl sites for hydroxylation is 1. The molecule has 6 heteroatoms. The van der Waals surface area contributed by atoms with Gasteiger partial charge < -0.3 is 10.1 Å². The number of ether oxygens (including phenoxy) is 1. The van der Waals surface area contributed by atoms with Gasteiger partial charge in [0, 0.05) is 24.7 Å². The first kappa shape index (κ1) is 16.0. The summed E-state index contributed by atoms with van der Waals surface area (Å²) >= 11 is 0. The molecule has 3 aromatic rings. The number of nitrogens with one attached hydrogen (secondary N) is 1. The molecule has 0 aliphatic rings. The molecule has 0 aliphatic carbocycles. The summed E-state index contributed by atoms with van der Waals surface area (Å²) in [7, 11) is 0. The third kappa shape index (κ3) is 3.71. The number of hydrogen-bond donors (Lipinski definition) is 1. The highest BCUT2D eigenvalue weighted by molar-refractivity contribution is 5.94. The summed E-state index contributed by atoms with van der Waals surface area (Å²) in [4.78, 5) is 16.0. The Hall–Kier alpha value is -2.89. The molecule has 0 amide bonds. The summed E-state index contributed by atoms with van der Waals surface area (Å²) in [6.45, 7) is 3.79. The molecule has 6 nitrogen and oxygen atoms in total. The fourth-order valence-corrected chi connectivity index (χ4v) is 2.52. The van der Waals surface area contributed by atoms with E-state index in [4.69, 9.17) is 4.74 Å². The lowest BCUT2D eigenvalue weighted by Crippen LogP contribution is -2.08. The lowest BCUT2D eigenvalue weighted by Gasteiger charge is -2.07. The van der Waals surface area contributed by atoms with Gasteiger partial charge in [-0.05, 0) is 43.7 Å². The minimum atomic E-state index is -0.299. The summed E-state index contributed by atoms with van der Waals surface area (Å²) in [5.74, 6) is 0.577. The molecule has 0 aliphatic heterocycles. The van der Waals surface area contributed by atoms with Gasteiger partial charge in [-0.15, -0.1) is 0 Å². The molecular weight excluding hydrogens is 304 g/mol. The van der Waals surface area contributed by atoms with E-state index in [-0.39, 0.29) is 5.97 Å². The number of benzene rings is 1. The van der Waals surface area contributed by atoms with Gasteiger partial charge in [0.1, 0.15) is 5.82 Å². The first-order chi connectivity index (χ1) is 11.8. The molecule has 0 unspecified atom stereocenters. The summed E-state index contributed by atoms with van der Waals surface area (Å²) in [6, 6.07) is 11.3. The van der Waals surface area contributed by atoms with Crippen LogP contribution in [0.25, 0.3) is 10.9 Å². The molecule has 1 N–H and O–H groups in total. The van der Waals surface area contributed by atoms with Crippen LogP contribution < -0.4 is 5.32 Å². The third-order valence-electron chi connectivity index (χ3n) is 3.67. The Kier molecular flexibility index (Phi) is 5.05. The zero-order chi connectivity index (χ0) is 16.8. The van der Waals surface area contributed by atoms with Gasteiger partial charge in [0.15, 0.2) is 0 Å². The number of pyridine rings is 1. The molecule has 0 radical (unpaired) electrons. The Balaban J connectivity index is 1.60. The summed E-state index contributed by atoms with van der Waals surface area (Å²) < 4.78 is 6.97. The van der Waals surface area contributed by atoms with Crippen molar-refractivity contribution in [1.82, 2.24) is 14.8 Å². The van der Waals surface area contributed by atoms with Crippen molar-refractivity contribution >= 4 is 22.7 Å². The van der Waals surface area contributed by atoms with Crippen LogP contribution in [0.2, 0.25) is 0 Å². The topological polar surface area (TPSA) is 69.0 Å². The van der Waals surface area contributed by atoms with Gasteiger partial charge in [0.2, 0.25) is 0 Å². The Morgan fingerprint density at radius 3 is 3.00 bits per heavy atom. The molecule has 0 atom stereocenters. The van der Waals surface area contributed by atoms with Crippen LogP contribution in [-0.4, -0.2) is 33.9 Å². The van der Waals surface area contributed by atoms with Crippen LogP contribution in [0, 0.1) is 0 Å². The highest BCUT2D eigenvalue weighted by atomic mass is 16.5. The van der Waals surface area contributed by atoms with Gasteiger partial charge >= 0.3 is 5.97 Å². The number of rotatable bonds is 7. The SMILES string of the molecule is CCOC(=O)c1ccc2c(cnn2CCCNc2ccccn2)c1. The van der Waals surface area contributed by atoms with Crippen LogP contribution in [0.1, 0.15) is 23.7 Å². The quantitative estimate of drug-likeness (QED) is 0.534. The minimum absolute atomic E-state index is 0.299. The average Bonchev–Trinajstić information content (AvgIpc) is 3.02. The number of anilines is 1. The molecule has 24 heavy (non-hydrogen) atoms. The van der Waals surface area contributed by atoms with Gasteiger partial charge in [0.25, 0.3) is 0 Å². The standard InChI is InChI=1S/C18H20N4O2/c1-2-24-18(23)14-7-8-16-15(12-14)13-21-22(16)11-5-10-20-17-6-3-4-9-19-17/h3-4,6-9,12-13H,2,5,10-11H2,1H3,(H,19,20). The van der Waals surface area contributed by atoms with E-state index in [2.05, 4.69) is 15.4 Å². The second kappa shape index (κ2) is 7.59. The van der Waals surface area contributed by atoms with E-state index in [1.807, 2.05) is 35.0 Å². The number of hydrogen-bond acceptors (Lipinski definition) is 5. The van der Waals surface area contributed by atoms with Crippen molar-refractivity contribution in [3.05, 3.63) is 54.4 Å². The Labute approximate surface area is 140 Å². The van der Waals surface area contributed by atoms with Gasteiger partial charge in [-0.25, -0.2) is 9.78 Å². The third-order valence-corrected chi connectivity index (χ3v) is 3.67. The van der Waals surface area contributed by atoms with Crippen LogP contribution in [0.5, 0.6) is 0 Å². The van der Waals surface area contributed by atoms with Crippen LogP contribution >= 0.6 is 0 Å². The molecule has 0 spiro atoms. The van der Waals surface area contributed by atoms with Crippen molar-refractivity contribution in [3.63, 3.8) is 0 Å². The number of carbonyl (C=O) groups is 1. The van der Waals surface area contributed by atoms with Crippen molar-refractivity contribution in [2.45, 2.75) is 19.9 Å². The molecule has 2 aromatic heterocycles. The zero-order valence-electron chi connectivity index (χ0n) is 13.6. The smallest absolute Gasteiger partial charge is 0.338 e.